The molecule has 0 fully saturated rings. The number of carbonyl (C=O) groups excluding carboxylic acids is 3. The summed E-state index contributed by atoms with van der Waals surface area (Å²) >= 11 is 0. The molecule has 4 N–H and O–H groups in total. The fourth-order valence-electron chi connectivity index (χ4n) is 11.7. The summed E-state index contributed by atoms with van der Waals surface area (Å²) in [4.78, 5) is 58.8. The Balaban J connectivity index is 4.50. The number of carbonyl (C=O) groups is 3. The van der Waals surface area contributed by atoms with E-state index in [1.54, 1.807) is 0 Å². The van der Waals surface area contributed by atoms with Gasteiger partial charge in [0.15, 0.2) is 6.10 Å². The van der Waals surface area contributed by atoms with E-state index in [0.717, 1.165) is 135 Å². The van der Waals surface area contributed by atoms with E-state index in [1.165, 1.54) is 154 Å². The maximum atomic E-state index is 13.0. The molecular weight excluding hydrogens is 1460 g/mol. The molecule has 0 amide bonds. The van der Waals surface area contributed by atoms with Gasteiger partial charge >= 0.3 is 33.6 Å². The van der Waals surface area contributed by atoms with E-state index in [9.17, 15) is 43.5 Å². The minimum atomic E-state index is -4.96. The van der Waals surface area contributed by atoms with Crippen molar-refractivity contribution in [1.82, 2.24) is 0 Å². The van der Waals surface area contributed by atoms with Gasteiger partial charge in [-0.05, 0) is 148 Å². The van der Waals surface area contributed by atoms with Gasteiger partial charge in [-0.2, -0.15) is 0 Å². The number of phosphoric ester groups is 2. The lowest BCUT2D eigenvalue weighted by molar-refractivity contribution is -0.161. The van der Waals surface area contributed by atoms with Crippen molar-refractivity contribution in [2.45, 2.75) is 373 Å². The van der Waals surface area contributed by atoms with Crippen LogP contribution in [-0.2, 0) is 55.8 Å². The lowest BCUT2D eigenvalue weighted by Gasteiger charge is -2.21. The molecule has 0 rings (SSSR count). The Morgan fingerprint density at radius 2 is 0.478 bits per heavy atom. The number of aliphatic hydroxyl groups is 2. The van der Waals surface area contributed by atoms with Crippen LogP contribution in [0.1, 0.15) is 355 Å². The minimum Gasteiger partial charge on any atom is -0.463 e. The highest BCUT2D eigenvalue weighted by molar-refractivity contribution is 7.47. The van der Waals surface area contributed by atoms with Gasteiger partial charge in [0.05, 0.1) is 26.4 Å². The average Bonchev–Trinajstić information content (AvgIpc) is 0.886. The smallest absolute Gasteiger partial charge is 0.463 e. The first-order valence-corrected chi connectivity index (χ1v) is 47.4. The molecule has 0 aromatic rings. The van der Waals surface area contributed by atoms with E-state index in [0.29, 0.717) is 25.7 Å². The van der Waals surface area contributed by atoms with E-state index >= 15 is 0 Å². The van der Waals surface area contributed by atoms with Crippen LogP contribution in [-0.4, -0.2) is 95.9 Å². The molecule has 5 unspecified atom stereocenters. The third-order valence-corrected chi connectivity index (χ3v) is 20.3. The van der Waals surface area contributed by atoms with Crippen LogP contribution in [0.15, 0.2) is 170 Å². The van der Waals surface area contributed by atoms with E-state index in [2.05, 4.69) is 179 Å². The number of ether oxygens (including phenoxy) is 3. The molecule has 0 aromatic carbocycles. The molecule has 16 nitrogen and oxygen atoms in total. The zero-order chi connectivity index (χ0) is 82.2. The van der Waals surface area contributed by atoms with E-state index < -0.39 is 91.5 Å². The molecular formula is C95H160O16P2. The third-order valence-electron chi connectivity index (χ3n) is 18.4. The molecule has 0 aliphatic heterocycles. The first kappa shape index (κ1) is 108. The second-order valence-electron chi connectivity index (χ2n) is 29.3. The normalized spacial score (nSPS) is 14.6. The maximum absolute atomic E-state index is 13.0. The van der Waals surface area contributed by atoms with Crippen LogP contribution < -0.4 is 0 Å². The van der Waals surface area contributed by atoms with Crippen LogP contribution >= 0.6 is 15.6 Å². The Morgan fingerprint density at radius 1 is 0.257 bits per heavy atom. The van der Waals surface area contributed by atoms with Crippen LogP contribution in [0, 0.1) is 0 Å². The van der Waals surface area contributed by atoms with Crippen LogP contribution in [0.3, 0.4) is 0 Å². The molecule has 0 heterocycles. The Kier molecular flexibility index (Phi) is 82.4. The maximum Gasteiger partial charge on any atom is 0.472 e. The van der Waals surface area contributed by atoms with Crippen molar-refractivity contribution in [2.24, 2.45) is 0 Å². The van der Waals surface area contributed by atoms with Gasteiger partial charge < -0.3 is 34.2 Å². The van der Waals surface area contributed by atoms with Gasteiger partial charge in [0.2, 0.25) is 0 Å². The highest BCUT2D eigenvalue weighted by atomic mass is 31.2. The molecule has 0 radical (unpaired) electrons. The molecule has 0 spiro atoms. The molecule has 113 heavy (non-hydrogen) atoms. The van der Waals surface area contributed by atoms with Crippen molar-refractivity contribution < 1.29 is 75.8 Å². The Morgan fingerprint density at radius 3 is 0.770 bits per heavy atom. The predicted molar refractivity (Wildman–Crippen MR) is 472 cm³/mol. The number of allylic oxidation sites excluding steroid dienone is 28. The fourth-order valence-corrected chi connectivity index (χ4v) is 13.3. The summed E-state index contributed by atoms with van der Waals surface area (Å²) in [6, 6.07) is 0. The second kappa shape index (κ2) is 86.3. The quantitative estimate of drug-likeness (QED) is 0.0146. The number of aliphatic hydroxyl groups excluding tert-OH is 2. The lowest BCUT2D eigenvalue weighted by Crippen LogP contribution is -2.30. The fraction of sp³-hybridized carbons (Fsp3) is 0.674. The van der Waals surface area contributed by atoms with Crippen molar-refractivity contribution in [2.75, 3.05) is 39.6 Å². The van der Waals surface area contributed by atoms with E-state index in [4.69, 9.17) is 32.3 Å². The van der Waals surface area contributed by atoms with Crippen molar-refractivity contribution in [1.29, 1.82) is 0 Å². The zero-order valence-corrected chi connectivity index (χ0v) is 72.8. The Bertz CT molecular complexity index is 2730. The number of unbranched alkanes of at least 4 members (excludes halogenated alkanes) is 32. The number of hydrogen-bond donors (Lipinski definition) is 4. The molecule has 18 heteroatoms. The molecule has 0 aromatic heterocycles. The predicted octanol–water partition coefficient (Wildman–Crippen LogP) is 27.1. The molecule has 0 bridgehead atoms. The zero-order valence-electron chi connectivity index (χ0n) is 71.0. The summed E-state index contributed by atoms with van der Waals surface area (Å²) in [5, 5.41) is 20.7. The monoisotopic (exact) mass is 1620 g/mol. The average molecular weight is 1620 g/mol. The SMILES string of the molecule is CC/C=C\C/C=C\C/C=C\C/C=C\C/C=C\CCCCCCCCCCCCCCCCCCCCCC(=O)OCC(O)COP(=O)(O)OCC(O)COP(=O)(O)OCC(COC(=O)CCCCCCCCCCC/C=C\C/C=C\C/C=C\C/C=C\CCCCC)OC(=O)CCC/C=C\C/C=C\C/C=C\C/C=C\C/C=C\CC. The summed E-state index contributed by atoms with van der Waals surface area (Å²) in [5.74, 6) is -1.65. The molecule has 0 aliphatic carbocycles. The van der Waals surface area contributed by atoms with Crippen molar-refractivity contribution in [3.8, 4) is 0 Å². The highest BCUT2D eigenvalue weighted by Gasteiger charge is 2.29. The Hall–Kier alpha value is -5.09. The third kappa shape index (κ3) is 87.6. The largest absolute Gasteiger partial charge is 0.472 e. The van der Waals surface area contributed by atoms with Gasteiger partial charge in [-0.1, -0.05) is 358 Å². The van der Waals surface area contributed by atoms with Crippen molar-refractivity contribution in [3.63, 3.8) is 0 Å². The van der Waals surface area contributed by atoms with Gasteiger partial charge in [-0.15, -0.1) is 0 Å². The second-order valence-corrected chi connectivity index (χ2v) is 32.2. The number of phosphoric acid groups is 2. The molecule has 646 valence electrons. The summed E-state index contributed by atoms with van der Waals surface area (Å²) in [6.07, 6.45) is 111. The standard InChI is InChI=1S/C95H160O16P2/c1-4-7-10-13-16-19-22-25-28-31-33-35-37-39-40-41-42-43-44-45-46-47-48-50-52-53-55-58-60-63-66-69-72-75-78-81-93(98)105-84-90(96)85-107-112(101,102)108-86-91(97)87-109-113(103,104)110-89-92(111-95(100)83-80-77-74-71-68-65-62-57-30-27-24-21-18-15-12-9-6-3)88-106-94(99)82-79-76-73-70-67-64-61-59-56-54-51-49-38-36-34-32-29-26-23-20-17-14-11-8-5-2/h7,9-10,12,16-21,25-30,33-36,39-40,49,51,62,65,71,74,90-92,96-97H,4-6,8,11,13-15,22-24,31-32,37-38,41-48,50,52-61,63-64,66-70,72-73,75-89H2,1-3H3,(H,101,102)(H,103,104)/b10-7-,12-9-,19-16-,20-17-,21-18-,28-25-,29-26-,30-27-,35-33-,36-34-,40-39-,51-49-,65-62-,74-71-. The minimum absolute atomic E-state index is 0.0206. The highest BCUT2D eigenvalue weighted by Crippen LogP contribution is 2.45. The summed E-state index contributed by atoms with van der Waals surface area (Å²) in [5.41, 5.74) is 0. The van der Waals surface area contributed by atoms with Gasteiger partial charge in [0.1, 0.15) is 25.4 Å². The van der Waals surface area contributed by atoms with Crippen LogP contribution in [0.5, 0.6) is 0 Å². The topological polar surface area (TPSA) is 231 Å². The molecule has 0 saturated carbocycles. The molecule has 5 atom stereocenters. The van der Waals surface area contributed by atoms with E-state index in [-0.39, 0.29) is 19.3 Å². The number of esters is 3. The van der Waals surface area contributed by atoms with Crippen molar-refractivity contribution >= 4 is 33.6 Å². The van der Waals surface area contributed by atoms with Crippen molar-refractivity contribution in [3.05, 3.63) is 170 Å². The Labute approximate surface area is 688 Å². The molecule has 0 saturated heterocycles. The van der Waals surface area contributed by atoms with Crippen LogP contribution in [0.4, 0.5) is 0 Å². The number of rotatable bonds is 83. The first-order chi connectivity index (χ1) is 55.2. The first-order valence-electron chi connectivity index (χ1n) is 44.4. The van der Waals surface area contributed by atoms with Crippen LogP contribution in [0.2, 0.25) is 0 Å². The van der Waals surface area contributed by atoms with Gasteiger partial charge in [0, 0.05) is 19.3 Å². The molecule has 0 aliphatic rings. The van der Waals surface area contributed by atoms with Gasteiger partial charge in [-0.3, -0.25) is 32.5 Å². The summed E-state index contributed by atoms with van der Waals surface area (Å²) in [7, 11) is -9.83. The summed E-state index contributed by atoms with van der Waals surface area (Å²) < 4.78 is 61.3. The lowest BCUT2D eigenvalue weighted by atomic mass is 10.0. The van der Waals surface area contributed by atoms with Gasteiger partial charge in [-0.25, -0.2) is 9.13 Å². The number of hydrogen-bond acceptors (Lipinski definition) is 14. The summed E-state index contributed by atoms with van der Waals surface area (Å²) in [6.45, 7) is 2.37. The van der Waals surface area contributed by atoms with Crippen LogP contribution in [0.25, 0.3) is 0 Å². The van der Waals surface area contributed by atoms with E-state index in [1.807, 2.05) is 12.2 Å². The van der Waals surface area contributed by atoms with Gasteiger partial charge in [0.25, 0.3) is 0 Å².